The van der Waals surface area contributed by atoms with Gasteiger partial charge >= 0.3 is 0 Å². The van der Waals surface area contributed by atoms with E-state index < -0.39 is 40.2 Å². The number of nitrogens with zero attached hydrogens (tertiary/aromatic N) is 3. The van der Waals surface area contributed by atoms with Gasteiger partial charge in [-0.25, -0.2) is 9.97 Å². The molecule has 0 unspecified atom stereocenters. The summed E-state index contributed by atoms with van der Waals surface area (Å²) in [5.41, 5.74) is 2.05. The molecule has 2 aromatic carbocycles. The van der Waals surface area contributed by atoms with E-state index in [9.17, 15) is 30.3 Å². The van der Waals surface area contributed by atoms with Crippen LogP contribution in [0.15, 0.2) is 48.8 Å². The van der Waals surface area contributed by atoms with E-state index in [2.05, 4.69) is 22.2 Å². The van der Waals surface area contributed by atoms with Crippen molar-refractivity contribution in [2.24, 2.45) is 0 Å². The minimum Gasteiger partial charge on any atom is -0.504 e. The predicted octanol–water partition coefficient (Wildman–Crippen LogP) is 4.03. The van der Waals surface area contributed by atoms with Crippen LogP contribution >= 0.6 is 0 Å². The van der Waals surface area contributed by atoms with Gasteiger partial charge in [-0.05, 0) is 37.3 Å². The van der Waals surface area contributed by atoms with Crippen molar-refractivity contribution in [1.82, 2.24) is 14.9 Å². The first kappa shape index (κ1) is 24.9. The zero-order chi connectivity index (χ0) is 25.7. The molecule has 0 radical (unpaired) electrons. The van der Waals surface area contributed by atoms with Gasteiger partial charge in [0.25, 0.3) is 5.91 Å². The van der Waals surface area contributed by atoms with Gasteiger partial charge in [0.2, 0.25) is 23.2 Å². The van der Waals surface area contributed by atoms with Crippen molar-refractivity contribution in [3.05, 3.63) is 60.0 Å². The lowest BCUT2D eigenvalue weighted by atomic mass is 10.1. The van der Waals surface area contributed by atoms with Crippen LogP contribution in [0, 0.1) is 0 Å². The second-order valence-corrected chi connectivity index (χ2v) is 7.52. The Balaban J connectivity index is 1.85. The molecule has 0 saturated carbocycles. The Hall–Kier alpha value is -4.73. The molecule has 0 fully saturated rings. The van der Waals surface area contributed by atoms with Gasteiger partial charge in [-0.3, -0.25) is 10.1 Å². The maximum Gasteiger partial charge on any atom is 0.250 e. The van der Waals surface area contributed by atoms with Crippen molar-refractivity contribution < 1.29 is 30.3 Å². The molecule has 1 amide bonds. The Bertz CT molecular complexity index is 1330. The topological polar surface area (TPSA) is 159 Å². The van der Waals surface area contributed by atoms with Crippen molar-refractivity contribution in [3.63, 3.8) is 0 Å². The number of aromatic nitrogens is 2. The van der Waals surface area contributed by atoms with E-state index in [0.717, 1.165) is 35.2 Å². The third kappa shape index (κ3) is 5.27. The number of nitrogens with one attached hydrogen (secondary N) is 1. The summed E-state index contributed by atoms with van der Waals surface area (Å²) in [6, 6.07) is 5.72. The monoisotopic (exact) mass is 478 g/mol. The van der Waals surface area contributed by atoms with Crippen molar-refractivity contribution in [2.45, 2.75) is 20.3 Å². The summed E-state index contributed by atoms with van der Waals surface area (Å²) < 4.78 is 0. The largest absolute Gasteiger partial charge is 0.504 e. The van der Waals surface area contributed by atoms with Gasteiger partial charge in [0.05, 0.1) is 11.1 Å². The van der Waals surface area contributed by atoms with Gasteiger partial charge in [-0.15, -0.1) is 0 Å². The number of benzene rings is 2. The second kappa shape index (κ2) is 10.5. The van der Waals surface area contributed by atoms with Crippen LogP contribution in [0.4, 0.5) is 5.95 Å². The number of allylic oxidation sites excluding steroid dienone is 2. The van der Waals surface area contributed by atoms with E-state index in [1.165, 1.54) is 0 Å². The number of aromatic hydroxyl groups is 5. The van der Waals surface area contributed by atoms with Crippen molar-refractivity contribution >= 4 is 34.5 Å². The molecular formula is C25H26N4O6. The Kier molecular flexibility index (Phi) is 7.45. The Labute approximate surface area is 201 Å². The molecule has 0 aliphatic heterocycles. The zero-order valence-corrected chi connectivity index (χ0v) is 19.4. The molecule has 3 rings (SSSR count). The molecule has 1 heterocycles. The fraction of sp³-hybridized carbons (Fsp3) is 0.160. The second-order valence-electron chi connectivity index (χ2n) is 7.52. The Morgan fingerprint density at radius 2 is 1.71 bits per heavy atom. The number of fused-ring (bicyclic) bond motifs is 1. The van der Waals surface area contributed by atoms with Crippen molar-refractivity contribution in [3.8, 4) is 28.7 Å². The highest BCUT2D eigenvalue weighted by atomic mass is 16.4. The molecule has 1 aromatic heterocycles. The van der Waals surface area contributed by atoms with Gasteiger partial charge < -0.3 is 30.4 Å². The van der Waals surface area contributed by atoms with Crippen LogP contribution in [0.2, 0.25) is 0 Å². The maximum absolute atomic E-state index is 12.4. The molecule has 3 aromatic rings. The number of anilines is 1. The molecule has 10 nitrogen and oxygen atoms in total. The first-order valence-corrected chi connectivity index (χ1v) is 10.7. The smallest absolute Gasteiger partial charge is 0.250 e. The highest BCUT2D eigenvalue weighted by molar-refractivity contribution is 6.02. The molecular weight excluding hydrogens is 452 g/mol. The Morgan fingerprint density at radius 1 is 1.06 bits per heavy atom. The van der Waals surface area contributed by atoms with Gasteiger partial charge in [0.15, 0.2) is 11.5 Å². The van der Waals surface area contributed by atoms with Crippen LogP contribution < -0.4 is 5.32 Å². The van der Waals surface area contributed by atoms with Gasteiger partial charge in [-0.1, -0.05) is 31.2 Å². The first-order valence-electron chi connectivity index (χ1n) is 10.7. The van der Waals surface area contributed by atoms with Crippen LogP contribution in [0.1, 0.15) is 31.4 Å². The third-order valence-electron chi connectivity index (χ3n) is 5.14. The molecule has 6 N–H and O–H groups in total. The molecule has 0 atom stereocenters. The molecule has 0 aliphatic rings. The quantitative estimate of drug-likeness (QED) is 0.167. The fourth-order valence-corrected chi connectivity index (χ4v) is 3.33. The van der Waals surface area contributed by atoms with Gasteiger partial charge in [0.1, 0.15) is 0 Å². The summed E-state index contributed by atoms with van der Waals surface area (Å²) in [6.45, 7) is 4.00. The standard InChI is InChI=1S/C25H26N4O6/c1-4-6-11-29(3)18(5-2)14-7-8-15-13-26-25(27-17(15)12-14)28-19(30)10-9-16-20(31)22(33)24(35)23(34)21(16)32/h5-13,31-35H,4H2,1-3H3,(H,26,27,28,30)/b10-9+,11-6+,18-5-. The number of hydrogen-bond donors (Lipinski definition) is 6. The minimum atomic E-state index is -1.08. The Morgan fingerprint density at radius 3 is 2.34 bits per heavy atom. The van der Waals surface area contributed by atoms with Crippen molar-refractivity contribution in [1.29, 1.82) is 0 Å². The number of phenolic OH excluding ortho intramolecular Hbond substituents is 5. The van der Waals surface area contributed by atoms with E-state index in [1.54, 1.807) is 6.20 Å². The van der Waals surface area contributed by atoms with Crippen LogP contribution in [0.25, 0.3) is 22.7 Å². The normalized spacial score (nSPS) is 12.0. The molecule has 182 valence electrons. The van der Waals surface area contributed by atoms with E-state index in [0.29, 0.717) is 5.52 Å². The minimum absolute atomic E-state index is 0.0235. The molecule has 0 bridgehead atoms. The lowest BCUT2D eigenvalue weighted by Crippen LogP contribution is -2.11. The lowest BCUT2D eigenvalue weighted by molar-refractivity contribution is -0.111. The van der Waals surface area contributed by atoms with E-state index in [-0.39, 0.29) is 5.95 Å². The number of hydrogen-bond acceptors (Lipinski definition) is 9. The lowest BCUT2D eigenvalue weighted by Gasteiger charge is -2.19. The summed E-state index contributed by atoms with van der Waals surface area (Å²) in [4.78, 5) is 22.9. The number of rotatable bonds is 7. The molecule has 0 saturated heterocycles. The molecule has 0 aliphatic carbocycles. The number of amides is 1. The summed E-state index contributed by atoms with van der Waals surface area (Å²) in [5.74, 6) is -5.65. The SMILES string of the molecule is C/C=C(/c1ccc2cnc(NC(=O)/C=C/c3c(O)c(O)c(O)c(O)c3O)nc2c1)N(C)/C=C/CC. The third-order valence-corrected chi connectivity index (χ3v) is 5.14. The van der Waals surface area contributed by atoms with E-state index in [4.69, 9.17) is 0 Å². The van der Waals surface area contributed by atoms with Crippen molar-refractivity contribution in [2.75, 3.05) is 12.4 Å². The maximum atomic E-state index is 12.4. The van der Waals surface area contributed by atoms with Crippen LogP contribution in [0.3, 0.4) is 0 Å². The summed E-state index contributed by atoms with van der Waals surface area (Å²) in [7, 11) is 1.95. The number of phenols is 5. The van der Waals surface area contributed by atoms with E-state index in [1.807, 2.05) is 55.4 Å². The molecule has 0 spiro atoms. The number of carbonyl (C=O) groups is 1. The fourth-order valence-electron chi connectivity index (χ4n) is 3.33. The van der Waals surface area contributed by atoms with Crippen LogP contribution in [0.5, 0.6) is 28.7 Å². The predicted molar refractivity (Wildman–Crippen MR) is 133 cm³/mol. The van der Waals surface area contributed by atoms with Crippen LogP contribution in [-0.2, 0) is 4.79 Å². The molecule has 35 heavy (non-hydrogen) atoms. The highest BCUT2D eigenvalue weighted by Gasteiger charge is 2.21. The van der Waals surface area contributed by atoms with E-state index >= 15 is 0 Å². The summed E-state index contributed by atoms with van der Waals surface area (Å²) in [5, 5.41) is 51.7. The number of carbonyl (C=O) groups excluding carboxylic acids is 1. The zero-order valence-electron chi connectivity index (χ0n) is 19.4. The van der Waals surface area contributed by atoms with Crippen LogP contribution in [-0.4, -0.2) is 53.4 Å². The summed E-state index contributed by atoms with van der Waals surface area (Å²) >= 11 is 0. The first-order chi connectivity index (χ1) is 16.7. The van der Waals surface area contributed by atoms with Gasteiger partial charge in [0, 0.05) is 30.4 Å². The summed E-state index contributed by atoms with van der Waals surface area (Å²) in [6.07, 6.45) is 10.4. The highest BCUT2D eigenvalue weighted by Crippen LogP contribution is 2.51. The molecule has 10 heteroatoms. The van der Waals surface area contributed by atoms with Gasteiger partial charge in [-0.2, -0.15) is 0 Å². The average molecular weight is 479 g/mol. The average Bonchev–Trinajstić information content (AvgIpc) is 2.85.